The zero-order valence-corrected chi connectivity index (χ0v) is 16.5. The summed E-state index contributed by atoms with van der Waals surface area (Å²) in [5, 5.41) is 4.39. The molecule has 1 aliphatic heterocycles. The largest absolute Gasteiger partial charge is 0.355 e. The van der Waals surface area contributed by atoms with Crippen molar-refractivity contribution in [1.82, 2.24) is 19.1 Å². The van der Waals surface area contributed by atoms with Crippen molar-refractivity contribution in [3.8, 4) is 0 Å². The Balaban J connectivity index is 1.77. The average Bonchev–Trinajstić information content (AvgIpc) is 2.82. The number of sulfonamides is 1. The second-order valence-electron chi connectivity index (χ2n) is 7.13. The summed E-state index contributed by atoms with van der Waals surface area (Å²) >= 11 is 0. The van der Waals surface area contributed by atoms with Gasteiger partial charge in [-0.25, -0.2) is 13.4 Å². The Kier molecular flexibility index (Phi) is 5.62. The lowest BCUT2D eigenvalue weighted by atomic mass is 10.2. The molecule has 0 saturated carbocycles. The molecule has 2 aromatic rings. The standard InChI is InChI=1S/C18H27N5O2S/c1-15(2)13-22-14-17(16(3)20-22)26(24,25)23-10-6-9-21(11-12-23)18-7-4-5-8-19-18/h4-5,7-8,14-15H,6,9-13H2,1-3H3. The van der Waals surface area contributed by atoms with Crippen LogP contribution >= 0.6 is 0 Å². The highest BCUT2D eigenvalue weighted by Gasteiger charge is 2.30. The molecule has 1 aliphatic rings. The van der Waals surface area contributed by atoms with Crippen molar-refractivity contribution in [2.45, 2.75) is 38.6 Å². The Morgan fingerprint density at radius 1 is 1.15 bits per heavy atom. The van der Waals surface area contributed by atoms with Crippen LogP contribution in [-0.2, 0) is 16.6 Å². The van der Waals surface area contributed by atoms with Crippen LogP contribution in [0.3, 0.4) is 0 Å². The third kappa shape index (κ3) is 4.07. The van der Waals surface area contributed by atoms with Gasteiger partial charge in [-0.05, 0) is 31.4 Å². The smallest absolute Gasteiger partial charge is 0.246 e. The summed E-state index contributed by atoms with van der Waals surface area (Å²) in [7, 11) is -3.53. The predicted molar refractivity (Wildman–Crippen MR) is 102 cm³/mol. The molecule has 3 rings (SSSR count). The third-order valence-electron chi connectivity index (χ3n) is 4.50. The van der Waals surface area contributed by atoms with Crippen LogP contribution < -0.4 is 4.90 Å². The molecular weight excluding hydrogens is 350 g/mol. The van der Waals surface area contributed by atoms with Crippen molar-refractivity contribution in [3.05, 3.63) is 36.3 Å². The molecule has 0 N–H and O–H groups in total. The van der Waals surface area contributed by atoms with Gasteiger partial charge in [0.05, 0.1) is 5.69 Å². The number of aromatic nitrogens is 3. The molecule has 0 bridgehead atoms. The number of anilines is 1. The van der Waals surface area contributed by atoms with E-state index in [1.807, 2.05) is 18.2 Å². The van der Waals surface area contributed by atoms with Gasteiger partial charge in [0, 0.05) is 45.1 Å². The first-order valence-electron chi connectivity index (χ1n) is 9.08. The number of hydrogen-bond donors (Lipinski definition) is 0. The van der Waals surface area contributed by atoms with E-state index in [4.69, 9.17) is 0 Å². The first-order valence-corrected chi connectivity index (χ1v) is 10.5. The zero-order chi connectivity index (χ0) is 18.7. The van der Waals surface area contributed by atoms with Crippen LogP contribution in [0.15, 0.2) is 35.5 Å². The van der Waals surface area contributed by atoms with Gasteiger partial charge < -0.3 is 4.90 Å². The van der Waals surface area contributed by atoms with Crippen molar-refractivity contribution >= 4 is 15.8 Å². The molecule has 7 nitrogen and oxygen atoms in total. The first kappa shape index (κ1) is 18.8. The number of aryl methyl sites for hydroxylation is 1. The van der Waals surface area contributed by atoms with E-state index in [0.717, 1.165) is 18.8 Å². The maximum Gasteiger partial charge on any atom is 0.246 e. The van der Waals surface area contributed by atoms with E-state index in [2.05, 4.69) is 28.8 Å². The van der Waals surface area contributed by atoms with Crippen molar-refractivity contribution in [2.24, 2.45) is 5.92 Å². The van der Waals surface area contributed by atoms with Crippen LogP contribution in [0.5, 0.6) is 0 Å². The molecular formula is C18H27N5O2S. The SMILES string of the molecule is Cc1nn(CC(C)C)cc1S(=O)(=O)N1CCCN(c2ccccn2)CC1. The summed E-state index contributed by atoms with van der Waals surface area (Å²) in [6, 6.07) is 5.80. The van der Waals surface area contributed by atoms with Crippen molar-refractivity contribution < 1.29 is 8.42 Å². The van der Waals surface area contributed by atoms with Gasteiger partial charge in [0.2, 0.25) is 10.0 Å². The Morgan fingerprint density at radius 3 is 2.65 bits per heavy atom. The fourth-order valence-corrected chi connectivity index (χ4v) is 4.90. The van der Waals surface area contributed by atoms with E-state index in [0.29, 0.717) is 42.7 Å². The Morgan fingerprint density at radius 2 is 1.96 bits per heavy atom. The molecule has 2 aromatic heterocycles. The minimum absolute atomic E-state index is 0.324. The average molecular weight is 378 g/mol. The number of nitrogens with zero attached hydrogens (tertiary/aromatic N) is 5. The highest BCUT2D eigenvalue weighted by atomic mass is 32.2. The molecule has 0 radical (unpaired) electrons. The summed E-state index contributed by atoms with van der Waals surface area (Å²) in [5.74, 6) is 1.31. The van der Waals surface area contributed by atoms with Gasteiger partial charge in [0.25, 0.3) is 0 Å². The third-order valence-corrected chi connectivity index (χ3v) is 6.50. The van der Waals surface area contributed by atoms with Crippen LogP contribution in [0.2, 0.25) is 0 Å². The number of rotatable bonds is 5. The summed E-state index contributed by atoms with van der Waals surface area (Å²) < 4.78 is 29.6. The van der Waals surface area contributed by atoms with E-state index >= 15 is 0 Å². The molecule has 0 aliphatic carbocycles. The quantitative estimate of drug-likeness (QED) is 0.798. The van der Waals surface area contributed by atoms with Crippen LogP contribution in [0, 0.1) is 12.8 Å². The maximum atomic E-state index is 13.1. The highest BCUT2D eigenvalue weighted by molar-refractivity contribution is 7.89. The van der Waals surface area contributed by atoms with Gasteiger partial charge in [0.15, 0.2) is 0 Å². The minimum Gasteiger partial charge on any atom is -0.355 e. The fraction of sp³-hybridized carbons (Fsp3) is 0.556. The topological polar surface area (TPSA) is 71.3 Å². The van der Waals surface area contributed by atoms with Gasteiger partial charge in [-0.2, -0.15) is 9.40 Å². The molecule has 142 valence electrons. The molecule has 0 unspecified atom stereocenters. The molecule has 0 spiro atoms. The van der Waals surface area contributed by atoms with Crippen molar-refractivity contribution in [2.75, 3.05) is 31.1 Å². The van der Waals surface area contributed by atoms with Crippen LogP contribution in [0.1, 0.15) is 26.0 Å². The van der Waals surface area contributed by atoms with E-state index in [1.165, 1.54) is 0 Å². The molecule has 0 atom stereocenters. The lowest BCUT2D eigenvalue weighted by molar-refractivity contribution is 0.432. The van der Waals surface area contributed by atoms with E-state index in [-0.39, 0.29) is 0 Å². The van der Waals surface area contributed by atoms with Gasteiger partial charge >= 0.3 is 0 Å². The minimum atomic E-state index is -3.53. The lowest BCUT2D eigenvalue weighted by Crippen LogP contribution is -2.35. The lowest BCUT2D eigenvalue weighted by Gasteiger charge is -2.22. The predicted octanol–water partition coefficient (Wildman–Crippen LogP) is 2.14. The molecule has 1 saturated heterocycles. The Bertz CT molecular complexity index is 833. The molecule has 0 aromatic carbocycles. The van der Waals surface area contributed by atoms with Gasteiger partial charge in [0.1, 0.15) is 10.7 Å². The Labute approximate surface area is 155 Å². The van der Waals surface area contributed by atoms with Gasteiger partial charge in [-0.3, -0.25) is 4.68 Å². The first-order chi connectivity index (χ1) is 12.4. The zero-order valence-electron chi connectivity index (χ0n) is 15.7. The van der Waals surface area contributed by atoms with E-state index in [1.54, 1.807) is 28.3 Å². The maximum absolute atomic E-state index is 13.1. The van der Waals surface area contributed by atoms with E-state index in [9.17, 15) is 8.42 Å². The summed E-state index contributed by atoms with van der Waals surface area (Å²) in [6.07, 6.45) is 4.21. The van der Waals surface area contributed by atoms with Gasteiger partial charge in [-0.15, -0.1) is 0 Å². The molecule has 1 fully saturated rings. The van der Waals surface area contributed by atoms with Gasteiger partial charge in [-0.1, -0.05) is 19.9 Å². The van der Waals surface area contributed by atoms with Crippen LogP contribution in [0.4, 0.5) is 5.82 Å². The summed E-state index contributed by atoms with van der Waals surface area (Å²) in [6.45, 7) is 9.06. The highest BCUT2D eigenvalue weighted by Crippen LogP contribution is 2.22. The Hall–Kier alpha value is -1.93. The van der Waals surface area contributed by atoms with Crippen LogP contribution in [0.25, 0.3) is 0 Å². The normalized spacial score (nSPS) is 16.8. The van der Waals surface area contributed by atoms with Crippen molar-refractivity contribution in [3.63, 3.8) is 0 Å². The second kappa shape index (κ2) is 7.75. The molecule has 3 heterocycles. The number of hydrogen-bond acceptors (Lipinski definition) is 5. The summed E-state index contributed by atoms with van der Waals surface area (Å²) in [4.78, 5) is 6.85. The molecule has 8 heteroatoms. The van der Waals surface area contributed by atoms with Crippen molar-refractivity contribution in [1.29, 1.82) is 0 Å². The molecule has 0 amide bonds. The monoisotopic (exact) mass is 377 g/mol. The van der Waals surface area contributed by atoms with E-state index < -0.39 is 10.0 Å². The second-order valence-corrected chi connectivity index (χ2v) is 9.03. The fourth-order valence-electron chi connectivity index (χ4n) is 3.26. The number of pyridine rings is 1. The molecule has 26 heavy (non-hydrogen) atoms. The summed E-state index contributed by atoms with van der Waals surface area (Å²) in [5.41, 5.74) is 0.566. The van der Waals surface area contributed by atoms with Crippen LogP contribution in [-0.4, -0.2) is 53.7 Å².